The number of likely N-dealkylation sites (tertiary alicyclic amines) is 1. The van der Waals surface area contributed by atoms with Crippen molar-refractivity contribution >= 4 is 5.91 Å². The van der Waals surface area contributed by atoms with Gasteiger partial charge in [0.1, 0.15) is 6.54 Å². The van der Waals surface area contributed by atoms with Gasteiger partial charge in [-0.05, 0) is 25.0 Å². The highest BCUT2D eigenvalue weighted by Gasteiger charge is 2.34. The fourth-order valence-electron chi connectivity index (χ4n) is 2.81. The second kappa shape index (κ2) is 6.05. The number of carbonyl (C=O) groups is 1. The molecule has 2 aromatic heterocycles. The zero-order valence-electron chi connectivity index (χ0n) is 12.3. The molecule has 3 rings (SSSR count). The van der Waals surface area contributed by atoms with Crippen LogP contribution in [0.1, 0.15) is 18.5 Å². The van der Waals surface area contributed by atoms with Crippen LogP contribution in [0, 0.1) is 0 Å². The Bertz CT molecular complexity index is 664. The molecule has 1 fully saturated rings. The average molecular weight is 327 g/mol. The van der Waals surface area contributed by atoms with Crippen LogP contribution in [0.2, 0.25) is 0 Å². The van der Waals surface area contributed by atoms with Crippen LogP contribution in [0.25, 0.3) is 0 Å². The van der Waals surface area contributed by atoms with E-state index < -0.39 is 11.9 Å². The number of hydrogen-bond acceptors (Lipinski definition) is 3. The number of amides is 1. The van der Waals surface area contributed by atoms with Crippen molar-refractivity contribution in [2.24, 2.45) is 0 Å². The topological polar surface area (TPSA) is 56.0 Å². The second-order valence-corrected chi connectivity index (χ2v) is 5.51. The van der Waals surface area contributed by atoms with Crippen molar-refractivity contribution in [2.45, 2.75) is 38.1 Å². The Balaban J connectivity index is 1.64. The van der Waals surface area contributed by atoms with Crippen molar-refractivity contribution < 1.29 is 18.0 Å². The molecule has 1 atom stereocenters. The number of halogens is 3. The first-order valence-electron chi connectivity index (χ1n) is 7.31. The van der Waals surface area contributed by atoms with Crippen LogP contribution in [0.15, 0.2) is 30.7 Å². The van der Waals surface area contributed by atoms with Gasteiger partial charge in [-0.25, -0.2) is 0 Å². The highest BCUT2D eigenvalue weighted by Crippen LogP contribution is 2.27. The summed E-state index contributed by atoms with van der Waals surface area (Å²) in [5.41, 5.74) is -0.986. The van der Waals surface area contributed by atoms with Crippen LogP contribution in [-0.2, 0) is 24.1 Å². The molecular formula is C14H16F3N5O. The van der Waals surface area contributed by atoms with Gasteiger partial charge in [0.05, 0.1) is 12.6 Å². The Hall–Kier alpha value is -2.32. The summed E-state index contributed by atoms with van der Waals surface area (Å²) in [6, 6.07) is 2.70. The zero-order chi connectivity index (χ0) is 16.4. The van der Waals surface area contributed by atoms with Crippen LogP contribution in [0.3, 0.4) is 0 Å². The zero-order valence-corrected chi connectivity index (χ0v) is 12.3. The van der Waals surface area contributed by atoms with Crippen LogP contribution < -0.4 is 0 Å². The fraction of sp³-hybridized carbons (Fsp3) is 0.500. The Morgan fingerprint density at radius 2 is 2.13 bits per heavy atom. The first-order chi connectivity index (χ1) is 10.9. The van der Waals surface area contributed by atoms with Crippen LogP contribution in [0.4, 0.5) is 13.2 Å². The molecule has 0 aromatic carbocycles. The van der Waals surface area contributed by atoms with Gasteiger partial charge in [-0.1, -0.05) is 0 Å². The fourth-order valence-corrected chi connectivity index (χ4v) is 2.81. The maximum atomic E-state index is 12.5. The summed E-state index contributed by atoms with van der Waals surface area (Å²) in [5, 5.41) is 7.54. The lowest BCUT2D eigenvalue weighted by Gasteiger charge is -2.24. The van der Waals surface area contributed by atoms with Crippen molar-refractivity contribution in [1.82, 2.24) is 24.5 Å². The van der Waals surface area contributed by atoms with Gasteiger partial charge in [-0.15, -0.1) is 0 Å². The SMILES string of the molecule is O=C(Cn1ccc(C(F)(F)F)n1)N1CCCC1Cn1cccn1. The van der Waals surface area contributed by atoms with E-state index in [9.17, 15) is 18.0 Å². The third-order valence-electron chi connectivity index (χ3n) is 3.88. The summed E-state index contributed by atoms with van der Waals surface area (Å²) >= 11 is 0. The van der Waals surface area contributed by atoms with Crippen molar-refractivity contribution in [3.8, 4) is 0 Å². The van der Waals surface area contributed by atoms with Crippen LogP contribution >= 0.6 is 0 Å². The molecule has 9 heteroatoms. The van der Waals surface area contributed by atoms with E-state index in [1.165, 1.54) is 6.20 Å². The summed E-state index contributed by atoms with van der Waals surface area (Å²) in [4.78, 5) is 14.1. The number of alkyl halides is 3. The number of aromatic nitrogens is 4. The standard InChI is InChI=1S/C14H16F3N5O/c15-14(16,17)12-4-8-21(19-12)10-13(23)22-7-1-3-11(22)9-20-6-2-5-18-20/h2,4-6,8,11H,1,3,7,9-10H2. The predicted molar refractivity (Wildman–Crippen MR) is 74.2 cm³/mol. The highest BCUT2D eigenvalue weighted by molar-refractivity contribution is 5.76. The molecule has 0 aliphatic carbocycles. The van der Waals surface area contributed by atoms with Gasteiger partial charge in [0.25, 0.3) is 0 Å². The van der Waals surface area contributed by atoms with Crippen molar-refractivity contribution in [1.29, 1.82) is 0 Å². The number of carbonyl (C=O) groups excluding carboxylic acids is 1. The molecule has 0 radical (unpaired) electrons. The minimum Gasteiger partial charge on any atom is -0.336 e. The summed E-state index contributed by atoms with van der Waals surface area (Å²) < 4.78 is 40.4. The van der Waals surface area contributed by atoms with Gasteiger partial charge in [0.2, 0.25) is 5.91 Å². The lowest BCUT2D eigenvalue weighted by Crippen LogP contribution is -2.40. The van der Waals surface area contributed by atoms with E-state index in [2.05, 4.69) is 10.2 Å². The normalized spacial score (nSPS) is 18.6. The van der Waals surface area contributed by atoms with E-state index in [1.54, 1.807) is 15.8 Å². The Labute approximate surface area is 130 Å². The Morgan fingerprint density at radius 1 is 1.30 bits per heavy atom. The molecule has 1 amide bonds. The largest absolute Gasteiger partial charge is 0.435 e. The molecule has 1 unspecified atom stereocenters. The molecule has 124 valence electrons. The molecule has 0 bridgehead atoms. The van der Waals surface area contributed by atoms with Crippen molar-refractivity contribution in [3.63, 3.8) is 0 Å². The third-order valence-corrected chi connectivity index (χ3v) is 3.88. The second-order valence-electron chi connectivity index (χ2n) is 5.51. The molecule has 6 nitrogen and oxygen atoms in total. The Morgan fingerprint density at radius 3 is 2.78 bits per heavy atom. The monoisotopic (exact) mass is 327 g/mol. The van der Waals surface area contributed by atoms with E-state index in [4.69, 9.17) is 0 Å². The van der Waals surface area contributed by atoms with Crippen LogP contribution in [0.5, 0.6) is 0 Å². The molecule has 0 N–H and O–H groups in total. The van der Waals surface area contributed by atoms with E-state index in [-0.39, 0.29) is 18.5 Å². The molecular weight excluding hydrogens is 311 g/mol. The number of rotatable bonds is 4. The van der Waals surface area contributed by atoms with Gasteiger partial charge in [0, 0.05) is 25.1 Å². The summed E-state index contributed by atoms with van der Waals surface area (Å²) in [7, 11) is 0. The third kappa shape index (κ3) is 3.54. The average Bonchev–Trinajstić information content (AvgIpc) is 3.18. The van der Waals surface area contributed by atoms with E-state index >= 15 is 0 Å². The number of nitrogens with zero attached hydrogens (tertiary/aromatic N) is 5. The smallest absolute Gasteiger partial charge is 0.336 e. The highest BCUT2D eigenvalue weighted by atomic mass is 19.4. The van der Waals surface area contributed by atoms with E-state index in [0.29, 0.717) is 13.1 Å². The summed E-state index contributed by atoms with van der Waals surface area (Å²) in [5.74, 6) is -0.225. The molecule has 0 saturated carbocycles. The van der Waals surface area contributed by atoms with Crippen molar-refractivity contribution in [3.05, 3.63) is 36.4 Å². The summed E-state index contributed by atoms with van der Waals surface area (Å²) in [6.07, 6.45) is 1.92. The maximum absolute atomic E-state index is 12.5. The Kier molecular flexibility index (Phi) is 4.10. The van der Waals surface area contributed by atoms with E-state index in [1.807, 2.05) is 12.3 Å². The minimum absolute atomic E-state index is 0.0139. The number of hydrogen-bond donors (Lipinski definition) is 0. The first kappa shape index (κ1) is 15.6. The molecule has 23 heavy (non-hydrogen) atoms. The van der Waals surface area contributed by atoms with Gasteiger partial charge in [-0.3, -0.25) is 14.2 Å². The molecule has 2 aromatic rings. The molecule has 1 aliphatic heterocycles. The molecule has 3 heterocycles. The first-order valence-corrected chi connectivity index (χ1v) is 7.31. The molecule has 1 saturated heterocycles. The maximum Gasteiger partial charge on any atom is 0.435 e. The lowest BCUT2D eigenvalue weighted by molar-refractivity contribution is -0.142. The van der Waals surface area contributed by atoms with Crippen molar-refractivity contribution in [2.75, 3.05) is 6.54 Å². The molecule has 0 spiro atoms. The van der Waals surface area contributed by atoms with Gasteiger partial charge in [-0.2, -0.15) is 23.4 Å². The minimum atomic E-state index is -4.50. The van der Waals surface area contributed by atoms with Gasteiger partial charge in [0.15, 0.2) is 5.69 Å². The summed E-state index contributed by atoms with van der Waals surface area (Å²) in [6.45, 7) is 1.01. The van der Waals surface area contributed by atoms with Crippen LogP contribution in [-0.4, -0.2) is 43.0 Å². The lowest BCUT2D eigenvalue weighted by atomic mass is 10.2. The van der Waals surface area contributed by atoms with Gasteiger partial charge < -0.3 is 4.90 Å². The predicted octanol–water partition coefficient (Wildman–Crippen LogP) is 1.79. The van der Waals surface area contributed by atoms with Gasteiger partial charge >= 0.3 is 6.18 Å². The molecule has 1 aliphatic rings. The quantitative estimate of drug-likeness (QED) is 0.860. The van der Waals surface area contributed by atoms with E-state index in [0.717, 1.165) is 23.6 Å².